The highest BCUT2D eigenvalue weighted by molar-refractivity contribution is 7.92. The van der Waals surface area contributed by atoms with E-state index < -0.39 is 28.6 Å². The molecule has 0 aliphatic rings. The van der Waals surface area contributed by atoms with E-state index in [1.165, 1.54) is 4.90 Å². The lowest BCUT2D eigenvalue weighted by Gasteiger charge is -2.24. The largest absolute Gasteiger partial charge is 0.697 e. The minimum atomic E-state index is -4.12. The first-order valence-electron chi connectivity index (χ1n) is 6.29. The van der Waals surface area contributed by atoms with Crippen molar-refractivity contribution in [1.82, 2.24) is 4.90 Å². The lowest BCUT2D eigenvalue weighted by molar-refractivity contribution is -0.384. The van der Waals surface area contributed by atoms with Crippen molar-refractivity contribution in [2.75, 3.05) is 13.1 Å². The first-order valence-corrected chi connectivity index (χ1v) is 8.97. The van der Waals surface area contributed by atoms with Crippen molar-refractivity contribution in [2.45, 2.75) is 24.3 Å². The van der Waals surface area contributed by atoms with E-state index in [1.54, 1.807) is 13.8 Å². The molecule has 0 heterocycles. The predicted molar refractivity (Wildman–Crippen MR) is 77.9 cm³/mol. The molecule has 1 N–H and O–H groups in total. The number of nitro benzene ring substituents is 1. The lowest BCUT2D eigenvalue weighted by Crippen LogP contribution is -2.41. The summed E-state index contributed by atoms with van der Waals surface area (Å²) in [6.07, 6.45) is 0. The molecule has 0 amide bonds. The highest BCUT2D eigenvalue weighted by atomic mass is 32.2. The van der Waals surface area contributed by atoms with Crippen LogP contribution in [0.25, 0.3) is 0 Å². The Morgan fingerprint density at radius 1 is 1.32 bits per heavy atom. The van der Waals surface area contributed by atoms with Gasteiger partial charge in [-0.15, -0.1) is 4.89 Å². The van der Waals surface area contributed by atoms with Crippen molar-refractivity contribution in [2.24, 2.45) is 0 Å². The Kier molecular flexibility index (Phi) is 6.51. The van der Waals surface area contributed by atoms with Crippen molar-refractivity contribution >= 4 is 23.8 Å². The van der Waals surface area contributed by atoms with Gasteiger partial charge in [0.15, 0.2) is 0 Å². The zero-order chi connectivity index (χ0) is 16.9. The first-order chi connectivity index (χ1) is 10.2. The number of sulfone groups is 1. The monoisotopic (exact) mass is 351 g/mol. The maximum atomic E-state index is 12.5. The van der Waals surface area contributed by atoms with Gasteiger partial charge in [0.05, 0.1) is 9.82 Å². The standard InChI is InChI=1S/C11H15N2O7PS/c1-3-12(4-2)11(20-21(16)17)22(18,19)10-7-5-9(6-8-10)13(14)15/h5-8,11H,3-4H2,1-2H3/p+1. The fourth-order valence-electron chi connectivity index (χ4n) is 1.79. The number of benzene rings is 1. The molecule has 0 radical (unpaired) electrons. The average molecular weight is 351 g/mol. The van der Waals surface area contributed by atoms with Crippen molar-refractivity contribution in [3.8, 4) is 0 Å². The minimum absolute atomic E-state index is 0.230. The molecule has 11 heteroatoms. The van der Waals surface area contributed by atoms with Crippen LogP contribution in [0.15, 0.2) is 29.2 Å². The van der Waals surface area contributed by atoms with Crippen molar-refractivity contribution < 1.29 is 27.3 Å². The topological polar surface area (TPSA) is 127 Å². The number of nitrogens with zero attached hydrogens (tertiary/aromatic N) is 2. The van der Waals surface area contributed by atoms with Crippen LogP contribution >= 0.6 is 8.25 Å². The highest BCUT2D eigenvalue weighted by Crippen LogP contribution is 2.28. The Bertz CT molecular complexity index is 643. The molecule has 22 heavy (non-hydrogen) atoms. The quantitative estimate of drug-likeness (QED) is 0.324. The highest BCUT2D eigenvalue weighted by Gasteiger charge is 2.40. The van der Waals surface area contributed by atoms with Crippen LogP contribution in [0.3, 0.4) is 0 Å². The van der Waals surface area contributed by atoms with Gasteiger partial charge in [-0.25, -0.2) is 8.42 Å². The second kappa shape index (κ2) is 7.70. The minimum Gasteiger partial charge on any atom is -0.261 e. The van der Waals surface area contributed by atoms with Crippen LogP contribution in [-0.2, 0) is 18.9 Å². The van der Waals surface area contributed by atoms with E-state index in [2.05, 4.69) is 4.52 Å². The second-order valence-corrected chi connectivity index (χ2v) is 6.82. The van der Waals surface area contributed by atoms with E-state index in [0.717, 1.165) is 24.3 Å². The maximum Gasteiger partial charge on any atom is 0.697 e. The summed E-state index contributed by atoms with van der Waals surface area (Å²) in [6, 6.07) is 4.23. The smallest absolute Gasteiger partial charge is 0.261 e. The van der Waals surface area contributed by atoms with Crippen LogP contribution in [0.2, 0.25) is 0 Å². The van der Waals surface area contributed by atoms with Crippen molar-refractivity contribution in [1.29, 1.82) is 0 Å². The summed E-state index contributed by atoms with van der Waals surface area (Å²) in [5.74, 6) is 0. The fourth-order valence-corrected chi connectivity index (χ4v) is 4.19. The van der Waals surface area contributed by atoms with E-state index in [1.807, 2.05) is 0 Å². The molecule has 0 saturated carbocycles. The third-order valence-corrected chi connectivity index (χ3v) is 5.31. The molecule has 1 aromatic carbocycles. The summed E-state index contributed by atoms with van der Waals surface area (Å²) in [7, 11) is -7.26. The molecule has 0 bridgehead atoms. The molecule has 122 valence electrons. The summed E-state index contributed by atoms with van der Waals surface area (Å²) in [5, 5.41) is 10.6. The van der Waals surface area contributed by atoms with Gasteiger partial charge in [-0.1, -0.05) is 18.4 Å². The molecule has 0 spiro atoms. The average Bonchev–Trinajstić information content (AvgIpc) is 2.47. The Labute approximate surface area is 128 Å². The van der Waals surface area contributed by atoms with E-state index >= 15 is 0 Å². The van der Waals surface area contributed by atoms with Gasteiger partial charge in [-0.2, -0.15) is 0 Å². The molecule has 2 unspecified atom stereocenters. The van der Waals surface area contributed by atoms with E-state index in [-0.39, 0.29) is 23.7 Å². The molecule has 0 aliphatic carbocycles. The third-order valence-electron chi connectivity index (χ3n) is 2.93. The van der Waals surface area contributed by atoms with Crippen LogP contribution in [-0.4, -0.2) is 41.8 Å². The number of rotatable bonds is 8. The van der Waals surface area contributed by atoms with Gasteiger partial charge in [0.1, 0.15) is 0 Å². The fraction of sp³-hybridized carbons (Fsp3) is 0.455. The normalized spacial score (nSPS) is 13.9. The van der Waals surface area contributed by atoms with Crippen LogP contribution < -0.4 is 0 Å². The van der Waals surface area contributed by atoms with E-state index in [9.17, 15) is 23.1 Å². The number of hydrogen-bond acceptors (Lipinski definition) is 7. The van der Waals surface area contributed by atoms with Crippen LogP contribution in [0.4, 0.5) is 5.69 Å². The Morgan fingerprint density at radius 3 is 2.18 bits per heavy atom. The molecular formula is C11H16N2O7PS+. The Morgan fingerprint density at radius 2 is 1.82 bits per heavy atom. The van der Waals surface area contributed by atoms with Gasteiger partial charge in [-0.05, 0) is 25.2 Å². The van der Waals surface area contributed by atoms with Crippen molar-refractivity contribution in [3.63, 3.8) is 0 Å². The molecule has 9 nitrogen and oxygen atoms in total. The zero-order valence-corrected chi connectivity index (χ0v) is 13.7. The summed E-state index contributed by atoms with van der Waals surface area (Å²) >= 11 is 0. The van der Waals surface area contributed by atoms with E-state index in [0.29, 0.717) is 0 Å². The van der Waals surface area contributed by atoms with Gasteiger partial charge >= 0.3 is 8.25 Å². The first kappa shape index (κ1) is 18.6. The Balaban J connectivity index is 3.25. The van der Waals surface area contributed by atoms with Crippen LogP contribution in [0.1, 0.15) is 13.8 Å². The van der Waals surface area contributed by atoms with E-state index in [4.69, 9.17) is 4.89 Å². The molecule has 2 atom stereocenters. The van der Waals surface area contributed by atoms with Gasteiger partial charge in [-0.3, -0.25) is 15.0 Å². The molecular weight excluding hydrogens is 335 g/mol. The third kappa shape index (κ3) is 4.28. The molecule has 1 rings (SSSR count). The predicted octanol–water partition coefficient (Wildman–Crippen LogP) is 1.66. The molecule has 0 saturated heterocycles. The SMILES string of the molecule is CCN(CC)C(O[P+](=O)O)S(=O)(=O)c1ccc([N+](=O)[O-])cc1. The molecule has 0 fully saturated rings. The van der Waals surface area contributed by atoms with Gasteiger partial charge in [0.2, 0.25) is 9.84 Å². The number of hydrogen-bond donors (Lipinski definition) is 1. The van der Waals surface area contributed by atoms with Gasteiger partial charge in [0, 0.05) is 16.7 Å². The van der Waals surface area contributed by atoms with Gasteiger partial charge in [0.25, 0.3) is 11.2 Å². The molecule has 0 aliphatic heterocycles. The number of non-ortho nitro benzene ring substituents is 1. The number of nitro groups is 1. The molecule has 0 aromatic heterocycles. The zero-order valence-electron chi connectivity index (χ0n) is 11.9. The summed E-state index contributed by atoms with van der Waals surface area (Å²) in [4.78, 5) is 20.0. The van der Waals surface area contributed by atoms with Crippen LogP contribution in [0, 0.1) is 10.1 Å². The summed E-state index contributed by atoms with van der Waals surface area (Å²) < 4.78 is 40.6. The Hall–Kier alpha value is -1.45. The molecule has 1 aromatic rings. The lowest BCUT2D eigenvalue weighted by atomic mass is 10.3. The maximum absolute atomic E-state index is 12.5. The van der Waals surface area contributed by atoms with Crippen LogP contribution in [0.5, 0.6) is 0 Å². The van der Waals surface area contributed by atoms with Gasteiger partial charge < -0.3 is 0 Å². The summed E-state index contributed by atoms with van der Waals surface area (Å²) in [6.45, 7) is 3.90. The second-order valence-electron chi connectivity index (χ2n) is 4.17. The summed E-state index contributed by atoms with van der Waals surface area (Å²) in [5.41, 5.74) is -1.90. The van der Waals surface area contributed by atoms with Crippen molar-refractivity contribution in [3.05, 3.63) is 34.4 Å².